The van der Waals surface area contributed by atoms with Gasteiger partial charge in [-0.1, -0.05) is 31.9 Å². The minimum atomic E-state index is -0.507. The number of rotatable bonds is 5. The van der Waals surface area contributed by atoms with Gasteiger partial charge in [-0.25, -0.2) is 0 Å². The maximum Gasteiger partial charge on any atom is 0.253 e. The van der Waals surface area contributed by atoms with Crippen LogP contribution in [0, 0.1) is 12.8 Å². The fourth-order valence-corrected chi connectivity index (χ4v) is 3.27. The number of carbonyl (C=O) groups excluding carboxylic acids is 1. The van der Waals surface area contributed by atoms with Crippen LogP contribution in [0.4, 0.5) is 5.69 Å². The van der Waals surface area contributed by atoms with Crippen molar-refractivity contribution in [2.45, 2.75) is 58.7 Å². The molecule has 1 aliphatic carbocycles. The van der Waals surface area contributed by atoms with E-state index in [0.717, 1.165) is 12.8 Å². The molecule has 1 heterocycles. The third-order valence-electron chi connectivity index (χ3n) is 4.60. The summed E-state index contributed by atoms with van der Waals surface area (Å²) in [6.45, 7) is 5.77. The van der Waals surface area contributed by atoms with Crippen LogP contribution in [-0.2, 0) is 9.53 Å². The van der Waals surface area contributed by atoms with Crippen molar-refractivity contribution < 1.29 is 13.9 Å². The van der Waals surface area contributed by atoms with Gasteiger partial charge >= 0.3 is 0 Å². The fourth-order valence-electron chi connectivity index (χ4n) is 3.27. The van der Waals surface area contributed by atoms with Gasteiger partial charge in [0.15, 0.2) is 0 Å². The van der Waals surface area contributed by atoms with Gasteiger partial charge in [-0.2, -0.15) is 0 Å². The van der Waals surface area contributed by atoms with Gasteiger partial charge in [-0.05, 0) is 37.8 Å². The molecule has 2 aromatic rings. The van der Waals surface area contributed by atoms with Crippen molar-refractivity contribution in [2.24, 2.45) is 5.92 Å². The Morgan fingerprint density at radius 2 is 2.12 bits per heavy atom. The monoisotopic (exact) mass is 343 g/mol. The second-order valence-corrected chi connectivity index (χ2v) is 6.83. The van der Waals surface area contributed by atoms with E-state index in [1.54, 1.807) is 13.8 Å². The average Bonchev–Trinajstić information content (AvgIpc) is 3.01. The Labute approximate surface area is 148 Å². The highest BCUT2D eigenvalue weighted by molar-refractivity contribution is 5.97. The molecule has 1 saturated carbocycles. The molecule has 1 fully saturated rings. The molecule has 134 valence electrons. The lowest BCUT2D eigenvalue weighted by molar-refractivity contribution is -0.131. The summed E-state index contributed by atoms with van der Waals surface area (Å²) in [4.78, 5) is 12.6. The van der Waals surface area contributed by atoms with Gasteiger partial charge in [0.25, 0.3) is 5.91 Å². The second kappa shape index (κ2) is 7.78. The molecule has 3 rings (SSSR count). The molecule has 0 aliphatic heterocycles. The van der Waals surface area contributed by atoms with Crippen LogP contribution in [0.5, 0.6) is 0 Å². The smallest absolute Gasteiger partial charge is 0.253 e. The number of benzene rings is 1. The first-order valence-electron chi connectivity index (χ1n) is 8.88. The van der Waals surface area contributed by atoms with Crippen LogP contribution < -0.4 is 5.32 Å². The number of aromatic nitrogens is 2. The number of nitrogens with one attached hydrogen (secondary N) is 1. The number of nitrogens with zero attached hydrogens (tertiary/aromatic N) is 2. The van der Waals surface area contributed by atoms with Gasteiger partial charge in [0.05, 0.1) is 17.4 Å². The number of ether oxygens (including phenoxy) is 1. The Morgan fingerprint density at radius 3 is 2.84 bits per heavy atom. The van der Waals surface area contributed by atoms with Crippen molar-refractivity contribution >= 4 is 11.6 Å². The molecular formula is C19H25N3O3. The van der Waals surface area contributed by atoms with Gasteiger partial charge in [0, 0.05) is 6.92 Å². The zero-order valence-corrected chi connectivity index (χ0v) is 15.0. The Hall–Kier alpha value is -2.21. The topological polar surface area (TPSA) is 77.2 Å². The van der Waals surface area contributed by atoms with Crippen LogP contribution in [0.1, 0.15) is 45.4 Å². The molecule has 1 amide bonds. The van der Waals surface area contributed by atoms with Crippen LogP contribution in [0.3, 0.4) is 0 Å². The Bertz CT molecular complexity index is 728. The van der Waals surface area contributed by atoms with Crippen molar-refractivity contribution in [3.05, 3.63) is 30.2 Å². The van der Waals surface area contributed by atoms with E-state index in [2.05, 4.69) is 22.4 Å². The quantitative estimate of drug-likeness (QED) is 0.889. The van der Waals surface area contributed by atoms with E-state index in [1.165, 1.54) is 12.8 Å². The van der Waals surface area contributed by atoms with E-state index in [0.29, 0.717) is 29.0 Å². The van der Waals surface area contributed by atoms with Crippen molar-refractivity contribution in [3.8, 4) is 11.5 Å². The van der Waals surface area contributed by atoms with E-state index in [-0.39, 0.29) is 12.0 Å². The molecule has 1 aromatic carbocycles. The third-order valence-corrected chi connectivity index (χ3v) is 4.60. The standard InChI is InChI=1S/C19H25N3O3/c1-12-7-6-8-15(11-12)24-13(2)18(23)20-17-10-5-4-9-16(17)19-22-21-14(3)25-19/h4-5,9-10,12-13,15H,6-8,11H2,1-3H3,(H,20,23)/t12-,13+,15-/m1/s1. The predicted octanol–water partition coefficient (Wildman–Crippen LogP) is 3.97. The maximum absolute atomic E-state index is 12.6. The van der Waals surface area contributed by atoms with Crippen molar-refractivity contribution in [1.29, 1.82) is 0 Å². The first kappa shape index (κ1) is 17.6. The molecule has 0 spiro atoms. The molecule has 25 heavy (non-hydrogen) atoms. The third kappa shape index (κ3) is 4.45. The number of para-hydroxylation sites is 1. The highest BCUT2D eigenvalue weighted by Gasteiger charge is 2.24. The van der Waals surface area contributed by atoms with Gasteiger partial charge in [0.2, 0.25) is 11.8 Å². The molecule has 1 aliphatic rings. The molecule has 1 aromatic heterocycles. The number of hydrogen-bond donors (Lipinski definition) is 1. The molecule has 1 N–H and O–H groups in total. The molecule has 0 radical (unpaired) electrons. The molecule has 0 bridgehead atoms. The first-order chi connectivity index (χ1) is 12.0. The number of carbonyl (C=O) groups is 1. The Balaban J connectivity index is 1.66. The van der Waals surface area contributed by atoms with E-state index in [4.69, 9.17) is 9.15 Å². The summed E-state index contributed by atoms with van der Waals surface area (Å²) in [6.07, 6.45) is 4.12. The van der Waals surface area contributed by atoms with Gasteiger partial charge in [-0.3, -0.25) is 4.79 Å². The normalized spacial score (nSPS) is 21.7. The van der Waals surface area contributed by atoms with Gasteiger partial charge in [-0.15, -0.1) is 10.2 Å². The Kier molecular flexibility index (Phi) is 5.48. The maximum atomic E-state index is 12.6. The summed E-state index contributed by atoms with van der Waals surface area (Å²) >= 11 is 0. The number of amides is 1. The van der Waals surface area contributed by atoms with Gasteiger partial charge in [0.1, 0.15) is 6.10 Å². The minimum Gasteiger partial charge on any atom is -0.421 e. The lowest BCUT2D eigenvalue weighted by atomic mass is 9.88. The number of aryl methyl sites for hydroxylation is 1. The molecule has 0 unspecified atom stereocenters. The SMILES string of the molecule is Cc1nnc(-c2ccccc2NC(=O)[C@H](C)O[C@@H]2CCC[C@@H](C)C2)o1. The summed E-state index contributed by atoms with van der Waals surface area (Å²) in [6, 6.07) is 7.39. The van der Waals surface area contributed by atoms with E-state index in [1.807, 2.05) is 24.3 Å². The summed E-state index contributed by atoms with van der Waals surface area (Å²) in [5.74, 6) is 1.37. The minimum absolute atomic E-state index is 0.165. The van der Waals surface area contributed by atoms with E-state index < -0.39 is 6.10 Å². The fraction of sp³-hybridized carbons (Fsp3) is 0.526. The predicted molar refractivity (Wildman–Crippen MR) is 95.1 cm³/mol. The lowest BCUT2D eigenvalue weighted by Gasteiger charge is -2.29. The van der Waals surface area contributed by atoms with E-state index in [9.17, 15) is 4.79 Å². The highest BCUT2D eigenvalue weighted by atomic mass is 16.5. The van der Waals surface area contributed by atoms with Crippen LogP contribution in [0.2, 0.25) is 0 Å². The van der Waals surface area contributed by atoms with Crippen LogP contribution in [0.15, 0.2) is 28.7 Å². The summed E-state index contributed by atoms with van der Waals surface area (Å²) < 4.78 is 11.5. The molecular weight excluding hydrogens is 318 g/mol. The summed E-state index contributed by atoms with van der Waals surface area (Å²) in [5.41, 5.74) is 1.35. The molecule has 6 heteroatoms. The Morgan fingerprint density at radius 1 is 1.32 bits per heavy atom. The van der Waals surface area contributed by atoms with Crippen LogP contribution in [0.25, 0.3) is 11.5 Å². The van der Waals surface area contributed by atoms with Crippen LogP contribution >= 0.6 is 0 Å². The van der Waals surface area contributed by atoms with Crippen molar-refractivity contribution in [3.63, 3.8) is 0 Å². The largest absolute Gasteiger partial charge is 0.421 e. The zero-order valence-electron chi connectivity index (χ0n) is 15.0. The highest BCUT2D eigenvalue weighted by Crippen LogP contribution is 2.28. The number of anilines is 1. The van der Waals surface area contributed by atoms with Crippen molar-refractivity contribution in [2.75, 3.05) is 5.32 Å². The summed E-state index contributed by atoms with van der Waals surface area (Å²) in [7, 11) is 0. The lowest BCUT2D eigenvalue weighted by Crippen LogP contribution is -2.33. The van der Waals surface area contributed by atoms with Crippen molar-refractivity contribution in [1.82, 2.24) is 10.2 Å². The number of hydrogen-bond acceptors (Lipinski definition) is 5. The van der Waals surface area contributed by atoms with Gasteiger partial charge < -0.3 is 14.5 Å². The second-order valence-electron chi connectivity index (χ2n) is 6.83. The average molecular weight is 343 g/mol. The zero-order chi connectivity index (χ0) is 17.8. The first-order valence-corrected chi connectivity index (χ1v) is 8.88. The molecule has 3 atom stereocenters. The van der Waals surface area contributed by atoms with E-state index >= 15 is 0 Å². The van der Waals surface area contributed by atoms with Crippen LogP contribution in [-0.4, -0.2) is 28.3 Å². The molecule has 6 nitrogen and oxygen atoms in total. The summed E-state index contributed by atoms with van der Waals surface area (Å²) in [5, 5.41) is 10.8. The molecule has 0 saturated heterocycles.